The van der Waals surface area contributed by atoms with Crippen LogP contribution >= 0.6 is 23.2 Å². The van der Waals surface area contributed by atoms with Crippen LogP contribution in [0, 0.1) is 0 Å². The molecule has 0 saturated carbocycles. The van der Waals surface area contributed by atoms with Gasteiger partial charge in [-0.25, -0.2) is 4.79 Å². The molecule has 0 aliphatic rings. The van der Waals surface area contributed by atoms with Gasteiger partial charge in [-0.3, -0.25) is 5.32 Å². The van der Waals surface area contributed by atoms with Crippen molar-refractivity contribution in [3.8, 4) is 0 Å². The van der Waals surface area contributed by atoms with Gasteiger partial charge in [-0.2, -0.15) is 0 Å². The Kier molecular flexibility index (Phi) is 5.31. The van der Waals surface area contributed by atoms with Crippen molar-refractivity contribution >= 4 is 40.7 Å². The first-order valence-corrected chi connectivity index (χ1v) is 6.97. The lowest BCUT2D eigenvalue weighted by atomic mass is 10.2. The molecule has 0 fully saturated rings. The number of carbonyl (C=O) groups excluding carboxylic acids is 1. The molecule has 0 radical (unpaired) electrons. The van der Waals surface area contributed by atoms with E-state index in [1.807, 2.05) is 18.2 Å². The molecular weight excluding hydrogens is 311 g/mol. The van der Waals surface area contributed by atoms with Crippen LogP contribution in [0.1, 0.15) is 5.56 Å². The summed E-state index contributed by atoms with van der Waals surface area (Å²) in [5.74, 6) is 0. The van der Waals surface area contributed by atoms with Crippen LogP contribution in [-0.2, 0) is 11.3 Å². The van der Waals surface area contributed by atoms with Gasteiger partial charge in [0.2, 0.25) is 0 Å². The van der Waals surface area contributed by atoms with E-state index in [1.54, 1.807) is 24.3 Å². The highest BCUT2D eigenvalue weighted by Crippen LogP contribution is 2.22. The van der Waals surface area contributed by atoms with Crippen LogP contribution in [0.3, 0.4) is 0 Å². The lowest BCUT2D eigenvalue weighted by Crippen LogP contribution is -2.11. The number of amides is 1. The summed E-state index contributed by atoms with van der Waals surface area (Å²) in [5.41, 5.74) is 2.39. The van der Waals surface area contributed by atoms with E-state index in [9.17, 15) is 4.79 Å². The normalized spacial score (nSPS) is 10.0. The minimum absolute atomic E-state index is 0.509. The Hall–Kier alpha value is -1.91. The molecule has 0 spiro atoms. The quantitative estimate of drug-likeness (QED) is 0.850. The van der Waals surface area contributed by atoms with Crippen molar-refractivity contribution in [3.05, 3.63) is 58.1 Å². The molecule has 6 heteroatoms. The van der Waals surface area contributed by atoms with Crippen molar-refractivity contribution < 1.29 is 9.53 Å². The molecule has 0 saturated heterocycles. The number of anilines is 2. The average molecular weight is 325 g/mol. The molecule has 1 amide bonds. The molecule has 0 aliphatic carbocycles. The van der Waals surface area contributed by atoms with Gasteiger partial charge in [-0.1, -0.05) is 29.3 Å². The maximum atomic E-state index is 11.2. The molecule has 0 aromatic heterocycles. The van der Waals surface area contributed by atoms with Crippen LogP contribution in [0.15, 0.2) is 42.5 Å². The molecule has 2 aromatic carbocycles. The van der Waals surface area contributed by atoms with Gasteiger partial charge >= 0.3 is 6.09 Å². The van der Waals surface area contributed by atoms with Crippen molar-refractivity contribution in [2.24, 2.45) is 0 Å². The Morgan fingerprint density at radius 2 is 1.90 bits per heavy atom. The van der Waals surface area contributed by atoms with E-state index in [0.29, 0.717) is 22.3 Å². The molecule has 0 bridgehead atoms. The predicted octanol–water partition coefficient (Wildman–Crippen LogP) is 4.78. The monoisotopic (exact) mass is 324 g/mol. The maximum absolute atomic E-state index is 11.2. The lowest BCUT2D eigenvalue weighted by Gasteiger charge is -2.10. The highest BCUT2D eigenvalue weighted by molar-refractivity contribution is 6.33. The van der Waals surface area contributed by atoms with Gasteiger partial charge in [0.05, 0.1) is 7.11 Å². The molecular formula is C15H14Cl2N2O2. The molecule has 2 aromatic rings. The molecule has 2 N–H and O–H groups in total. The first-order valence-electron chi connectivity index (χ1n) is 6.21. The molecule has 21 heavy (non-hydrogen) atoms. The number of rotatable bonds is 4. The summed E-state index contributed by atoms with van der Waals surface area (Å²) in [5, 5.41) is 7.11. The smallest absolute Gasteiger partial charge is 0.411 e. The van der Waals surface area contributed by atoms with Crippen LogP contribution in [0.4, 0.5) is 16.2 Å². The number of methoxy groups -OCH3 is 1. The number of halogens is 2. The van der Waals surface area contributed by atoms with Crippen molar-refractivity contribution in [1.82, 2.24) is 0 Å². The van der Waals surface area contributed by atoms with E-state index in [2.05, 4.69) is 15.4 Å². The standard InChI is InChI=1S/C15H14Cl2N2O2/c1-21-15(20)19-13-4-2-3-12(8-13)18-9-10-7-11(16)5-6-14(10)17/h2-8,18H,9H2,1H3,(H,19,20). The Bertz CT molecular complexity index is 647. The van der Waals surface area contributed by atoms with Crippen LogP contribution < -0.4 is 10.6 Å². The van der Waals surface area contributed by atoms with E-state index in [4.69, 9.17) is 23.2 Å². The number of carbonyl (C=O) groups is 1. The number of ether oxygens (including phenoxy) is 1. The SMILES string of the molecule is COC(=O)Nc1cccc(NCc2cc(Cl)ccc2Cl)c1. The Morgan fingerprint density at radius 3 is 2.67 bits per heavy atom. The molecule has 0 heterocycles. The zero-order valence-corrected chi connectivity index (χ0v) is 12.8. The van der Waals surface area contributed by atoms with E-state index >= 15 is 0 Å². The van der Waals surface area contributed by atoms with Gasteiger partial charge in [-0.05, 0) is 42.0 Å². The first kappa shape index (κ1) is 15.5. The minimum Gasteiger partial charge on any atom is -0.453 e. The summed E-state index contributed by atoms with van der Waals surface area (Å²) in [6.07, 6.45) is -0.509. The number of benzene rings is 2. The van der Waals surface area contributed by atoms with Crippen LogP contribution in [0.25, 0.3) is 0 Å². The summed E-state index contributed by atoms with van der Waals surface area (Å²) in [6.45, 7) is 0.529. The molecule has 0 aliphatic heterocycles. The summed E-state index contributed by atoms with van der Waals surface area (Å²) >= 11 is 12.1. The fourth-order valence-corrected chi connectivity index (χ4v) is 2.13. The van der Waals surface area contributed by atoms with Gasteiger partial charge in [0.15, 0.2) is 0 Å². The molecule has 4 nitrogen and oxygen atoms in total. The fourth-order valence-electron chi connectivity index (χ4n) is 1.75. The van der Waals surface area contributed by atoms with Crippen molar-refractivity contribution in [2.45, 2.75) is 6.54 Å². The van der Waals surface area contributed by atoms with Gasteiger partial charge in [0, 0.05) is 28.0 Å². The second-order valence-corrected chi connectivity index (χ2v) is 5.13. The van der Waals surface area contributed by atoms with Crippen LogP contribution in [-0.4, -0.2) is 13.2 Å². The molecule has 0 atom stereocenters. The fraction of sp³-hybridized carbons (Fsp3) is 0.133. The first-order chi connectivity index (χ1) is 10.1. The third-order valence-electron chi connectivity index (χ3n) is 2.79. The zero-order valence-electron chi connectivity index (χ0n) is 11.3. The summed E-state index contributed by atoms with van der Waals surface area (Å²) in [4.78, 5) is 11.2. The molecule has 2 rings (SSSR count). The average Bonchev–Trinajstić information content (AvgIpc) is 2.48. The van der Waals surface area contributed by atoms with Crippen molar-refractivity contribution in [2.75, 3.05) is 17.7 Å². The van der Waals surface area contributed by atoms with Gasteiger partial charge in [-0.15, -0.1) is 0 Å². The largest absolute Gasteiger partial charge is 0.453 e. The summed E-state index contributed by atoms with van der Waals surface area (Å²) < 4.78 is 4.55. The van der Waals surface area contributed by atoms with E-state index in [1.165, 1.54) is 7.11 Å². The summed E-state index contributed by atoms with van der Waals surface area (Å²) in [6, 6.07) is 12.6. The summed E-state index contributed by atoms with van der Waals surface area (Å²) in [7, 11) is 1.32. The second kappa shape index (κ2) is 7.20. The minimum atomic E-state index is -0.509. The number of hydrogen-bond acceptors (Lipinski definition) is 3. The Labute approximate surface area is 133 Å². The zero-order chi connectivity index (χ0) is 15.2. The Balaban J connectivity index is 2.04. The molecule has 110 valence electrons. The predicted molar refractivity (Wildman–Crippen MR) is 86.3 cm³/mol. The van der Waals surface area contributed by atoms with Gasteiger partial charge in [0.25, 0.3) is 0 Å². The topological polar surface area (TPSA) is 50.4 Å². The highest BCUT2D eigenvalue weighted by atomic mass is 35.5. The Morgan fingerprint density at radius 1 is 1.14 bits per heavy atom. The van der Waals surface area contributed by atoms with Gasteiger partial charge < -0.3 is 10.1 Å². The van der Waals surface area contributed by atoms with Crippen LogP contribution in [0.2, 0.25) is 10.0 Å². The van der Waals surface area contributed by atoms with Gasteiger partial charge in [0.1, 0.15) is 0 Å². The highest BCUT2D eigenvalue weighted by Gasteiger charge is 2.03. The van der Waals surface area contributed by atoms with Crippen LogP contribution in [0.5, 0.6) is 0 Å². The lowest BCUT2D eigenvalue weighted by molar-refractivity contribution is 0.187. The third kappa shape index (κ3) is 4.55. The van der Waals surface area contributed by atoms with E-state index in [0.717, 1.165) is 11.3 Å². The molecule has 0 unspecified atom stereocenters. The number of hydrogen-bond donors (Lipinski definition) is 2. The third-order valence-corrected chi connectivity index (χ3v) is 3.39. The second-order valence-electron chi connectivity index (χ2n) is 4.29. The number of nitrogens with one attached hydrogen (secondary N) is 2. The van der Waals surface area contributed by atoms with Crippen molar-refractivity contribution in [3.63, 3.8) is 0 Å². The van der Waals surface area contributed by atoms with E-state index in [-0.39, 0.29) is 0 Å². The maximum Gasteiger partial charge on any atom is 0.411 e. The van der Waals surface area contributed by atoms with E-state index < -0.39 is 6.09 Å². The van der Waals surface area contributed by atoms with Crippen molar-refractivity contribution in [1.29, 1.82) is 0 Å².